The van der Waals surface area contributed by atoms with Crippen molar-refractivity contribution in [1.29, 1.82) is 0 Å². The number of rotatable bonds is 8. The summed E-state index contributed by atoms with van der Waals surface area (Å²) in [5, 5.41) is 8.52. The van der Waals surface area contributed by atoms with Crippen molar-refractivity contribution < 1.29 is 13.7 Å². The molecule has 0 radical (unpaired) electrons. The van der Waals surface area contributed by atoms with Crippen molar-refractivity contribution in [3.05, 3.63) is 60.3 Å². The highest BCUT2D eigenvalue weighted by Gasteiger charge is 2.31. The molecule has 0 spiro atoms. The molecule has 1 aromatic carbocycles. The van der Waals surface area contributed by atoms with Gasteiger partial charge in [0.05, 0.1) is 19.2 Å². The van der Waals surface area contributed by atoms with E-state index in [0.29, 0.717) is 24.9 Å². The van der Waals surface area contributed by atoms with Crippen LogP contribution >= 0.6 is 0 Å². The van der Waals surface area contributed by atoms with Crippen molar-refractivity contribution >= 4 is 16.8 Å². The highest BCUT2D eigenvalue weighted by Crippen LogP contribution is 2.34. The first-order chi connectivity index (χ1) is 15.3. The third-order valence-corrected chi connectivity index (χ3v) is 5.56. The fraction of sp³-hybridized carbons (Fsp3) is 0.348. The number of nitrogens with one attached hydrogen (secondary N) is 1. The molecule has 8 heteroatoms. The van der Waals surface area contributed by atoms with E-state index in [1.165, 1.54) is 0 Å². The number of anilines is 1. The Bertz CT molecular complexity index is 1100. The smallest absolute Gasteiger partial charge is 0.244 e. The van der Waals surface area contributed by atoms with Gasteiger partial charge in [0.15, 0.2) is 0 Å². The van der Waals surface area contributed by atoms with E-state index in [1.807, 2.05) is 30.3 Å². The van der Waals surface area contributed by atoms with Crippen LogP contribution in [0.15, 0.2) is 57.6 Å². The average Bonchev–Trinajstić information content (AvgIpc) is 3.53. The number of nitrogens with zero attached hydrogens (tertiary/aromatic N) is 4. The summed E-state index contributed by atoms with van der Waals surface area (Å²) < 4.78 is 16.7. The number of fused-ring (bicyclic) bond motifs is 1. The molecule has 1 N–H and O–H groups in total. The summed E-state index contributed by atoms with van der Waals surface area (Å²) in [4.78, 5) is 11.4. The maximum atomic E-state index is 6.00. The van der Waals surface area contributed by atoms with Crippen LogP contribution in [-0.2, 0) is 11.3 Å². The normalized spacial score (nSPS) is 16.9. The molecule has 0 aliphatic carbocycles. The van der Waals surface area contributed by atoms with E-state index >= 15 is 0 Å². The van der Waals surface area contributed by atoms with E-state index in [4.69, 9.17) is 13.7 Å². The Labute approximate surface area is 180 Å². The van der Waals surface area contributed by atoms with E-state index in [2.05, 4.69) is 37.5 Å². The molecule has 8 nitrogen and oxygen atoms in total. The number of aromatic nitrogens is 3. The van der Waals surface area contributed by atoms with Gasteiger partial charge in [-0.15, -0.1) is 0 Å². The zero-order valence-corrected chi connectivity index (χ0v) is 17.5. The molecule has 1 atom stereocenters. The van der Waals surface area contributed by atoms with Crippen LogP contribution < -0.4 is 5.32 Å². The second kappa shape index (κ2) is 8.87. The van der Waals surface area contributed by atoms with Crippen LogP contribution in [0.25, 0.3) is 22.4 Å². The van der Waals surface area contributed by atoms with Gasteiger partial charge in [0.25, 0.3) is 0 Å². The molecule has 0 bridgehead atoms. The molecule has 1 aliphatic rings. The lowest BCUT2D eigenvalue weighted by molar-refractivity contribution is 0.190. The molecule has 31 heavy (non-hydrogen) atoms. The van der Waals surface area contributed by atoms with Gasteiger partial charge >= 0.3 is 0 Å². The van der Waals surface area contributed by atoms with Crippen molar-refractivity contribution in [1.82, 2.24) is 20.0 Å². The lowest BCUT2D eigenvalue weighted by Gasteiger charge is -2.19. The van der Waals surface area contributed by atoms with Crippen molar-refractivity contribution in [3.63, 3.8) is 0 Å². The summed E-state index contributed by atoms with van der Waals surface area (Å²) in [5.74, 6) is 2.94. The number of para-hydroxylation sites is 1. The van der Waals surface area contributed by atoms with Crippen LogP contribution in [0.3, 0.4) is 0 Å². The van der Waals surface area contributed by atoms with Gasteiger partial charge in [0.1, 0.15) is 17.2 Å². The molecule has 4 aromatic rings. The minimum atomic E-state index is 0.0948. The minimum Gasteiger partial charge on any atom is -0.460 e. The number of furan rings is 1. The van der Waals surface area contributed by atoms with Gasteiger partial charge in [0.2, 0.25) is 11.7 Å². The Morgan fingerprint density at radius 2 is 2.16 bits per heavy atom. The standard InChI is InChI=1S/C23H25N5O3/c1-29-12-10-24-21-9-8-17(14-25-21)22-26-23(31-27-22)19-6-4-11-28(19)15-18-13-16-5-2-3-7-20(16)30-18/h2-3,5,7-9,13-14,19H,4,6,10-12,15H2,1H3,(H,24,25). The molecule has 0 amide bonds. The average molecular weight is 419 g/mol. The fourth-order valence-electron chi connectivity index (χ4n) is 4.01. The van der Waals surface area contributed by atoms with E-state index in [1.54, 1.807) is 13.3 Å². The van der Waals surface area contributed by atoms with Crippen molar-refractivity contribution in [2.75, 3.05) is 32.1 Å². The zero-order valence-electron chi connectivity index (χ0n) is 17.5. The van der Waals surface area contributed by atoms with Gasteiger partial charge in [-0.3, -0.25) is 4.90 Å². The van der Waals surface area contributed by atoms with Crippen molar-refractivity contribution in [3.8, 4) is 11.4 Å². The van der Waals surface area contributed by atoms with E-state index in [0.717, 1.165) is 54.0 Å². The lowest BCUT2D eigenvalue weighted by Crippen LogP contribution is -2.22. The molecule has 5 rings (SSSR count). The van der Waals surface area contributed by atoms with Gasteiger partial charge < -0.3 is 19.0 Å². The Kier molecular flexibility index (Phi) is 5.64. The summed E-state index contributed by atoms with van der Waals surface area (Å²) >= 11 is 0. The van der Waals surface area contributed by atoms with Gasteiger partial charge in [-0.2, -0.15) is 4.98 Å². The monoisotopic (exact) mass is 419 g/mol. The SMILES string of the molecule is COCCNc1ccc(-c2noc(C3CCCN3Cc3cc4ccccc4o3)n2)cn1. The highest BCUT2D eigenvalue weighted by molar-refractivity contribution is 5.77. The number of likely N-dealkylation sites (tertiary alicyclic amines) is 1. The van der Waals surface area contributed by atoms with Gasteiger partial charge in [-0.25, -0.2) is 4.98 Å². The van der Waals surface area contributed by atoms with Crippen molar-refractivity contribution in [2.24, 2.45) is 0 Å². The summed E-state index contributed by atoms with van der Waals surface area (Å²) in [7, 11) is 1.67. The number of hydrogen-bond acceptors (Lipinski definition) is 8. The topological polar surface area (TPSA) is 89.5 Å². The highest BCUT2D eigenvalue weighted by atomic mass is 16.5. The molecule has 3 aromatic heterocycles. The molecule has 1 fully saturated rings. The van der Waals surface area contributed by atoms with E-state index in [9.17, 15) is 0 Å². The predicted octanol–water partition coefficient (Wildman–Crippen LogP) is 4.27. The van der Waals surface area contributed by atoms with Crippen LogP contribution in [0.2, 0.25) is 0 Å². The number of methoxy groups -OCH3 is 1. The van der Waals surface area contributed by atoms with E-state index < -0.39 is 0 Å². The molecule has 1 unspecified atom stereocenters. The second-order valence-electron chi connectivity index (χ2n) is 7.69. The first kappa shape index (κ1) is 19.7. The largest absolute Gasteiger partial charge is 0.460 e. The molecule has 4 heterocycles. The first-order valence-corrected chi connectivity index (χ1v) is 10.5. The van der Waals surface area contributed by atoms with Crippen molar-refractivity contribution in [2.45, 2.75) is 25.4 Å². The van der Waals surface area contributed by atoms with Gasteiger partial charge in [-0.1, -0.05) is 23.4 Å². The molecule has 1 saturated heterocycles. The van der Waals surface area contributed by atoms with E-state index in [-0.39, 0.29) is 6.04 Å². The Morgan fingerprint density at radius 1 is 1.23 bits per heavy atom. The number of pyridine rings is 1. The first-order valence-electron chi connectivity index (χ1n) is 10.5. The van der Waals surface area contributed by atoms with Crippen LogP contribution in [0.4, 0.5) is 5.82 Å². The third kappa shape index (κ3) is 4.30. The summed E-state index contributed by atoms with van der Waals surface area (Å²) in [6, 6.07) is 14.1. The lowest BCUT2D eigenvalue weighted by atomic mass is 10.2. The summed E-state index contributed by atoms with van der Waals surface area (Å²) in [5.41, 5.74) is 1.75. The molecule has 0 saturated carbocycles. The number of hydrogen-bond donors (Lipinski definition) is 1. The molecular weight excluding hydrogens is 394 g/mol. The van der Waals surface area contributed by atoms with Crippen LogP contribution in [-0.4, -0.2) is 46.8 Å². The Morgan fingerprint density at radius 3 is 3.00 bits per heavy atom. The van der Waals surface area contributed by atoms with Gasteiger partial charge in [-0.05, 0) is 43.7 Å². The maximum Gasteiger partial charge on any atom is 0.244 e. The third-order valence-electron chi connectivity index (χ3n) is 5.56. The minimum absolute atomic E-state index is 0.0948. The summed E-state index contributed by atoms with van der Waals surface area (Å²) in [6.45, 7) is 3.03. The Balaban J connectivity index is 1.28. The predicted molar refractivity (Wildman–Crippen MR) is 116 cm³/mol. The zero-order chi connectivity index (χ0) is 21.0. The number of ether oxygens (including phenoxy) is 1. The van der Waals surface area contributed by atoms with Crippen LogP contribution in [0, 0.1) is 0 Å². The molecule has 1 aliphatic heterocycles. The molecule has 160 valence electrons. The molecular formula is C23H25N5O3. The second-order valence-corrected chi connectivity index (χ2v) is 7.69. The fourth-order valence-corrected chi connectivity index (χ4v) is 4.01. The quantitative estimate of drug-likeness (QED) is 0.424. The van der Waals surface area contributed by atoms with Crippen LogP contribution in [0.1, 0.15) is 30.5 Å². The van der Waals surface area contributed by atoms with Gasteiger partial charge in [0, 0.05) is 30.8 Å². The maximum absolute atomic E-state index is 6.00. The summed E-state index contributed by atoms with van der Waals surface area (Å²) in [6.07, 6.45) is 3.83. The Hall–Kier alpha value is -3.23. The number of benzene rings is 1. The van der Waals surface area contributed by atoms with Crippen LogP contribution in [0.5, 0.6) is 0 Å².